The summed E-state index contributed by atoms with van der Waals surface area (Å²) in [5.74, 6) is -0.307. The van der Waals surface area contributed by atoms with Crippen LogP contribution < -0.4 is 0 Å². The van der Waals surface area contributed by atoms with Crippen LogP contribution in [0.4, 0.5) is 0 Å². The molecule has 1 aromatic rings. The Hall–Kier alpha value is -0.910. The van der Waals surface area contributed by atoms with Crippen molar-refractivity contribution in [3.8, 4) is 0 Å². The maximum atomic E-state index is 11.8. The van der Waals surface area contributed by atoms with Gasteiger partial charge in [-0.3, -0.25) is 0 Å². The predicted molar refractivity (Wildman–Crippen MR) is 66.4 cm³/mol. The van der Waals surface area contributed by atoms with Crippen LogP contribution in [0.15, 0.2) is 30.3 Å². The van der Waals surface area contributed by atoms with E-state index in [2.05, 4.69) is 0 Å². The summed E-state index contributed by atoms with van der Waals surface area (Å²) in [7, 11) is -3.29. The highest BCUT2D eigenvalue weighted by molar-refractivity contribution is 7.90. The van der Waals surface area contributed by atoms with Crippen LogP contribution in [0.3, 0.4) is 0 Å². The monoisotopic (exact) mass is 258 g/mol. The van der Waals surface area contributed by atoms with Crippen molar-refractivity contribution >= 4 is 9.84 Å². The third-order valence-corrected chi connectivity index (χ3v) is 3.86. The largest absolute Gasteiger partial charge is 0.390 e. The molecule has 1 atom stereocenters. The van der Waals surface area contributed by atoms with Gasteiger partial charge in [0.05, 0.1) is 24.2 Å². The fourth-order valence-electron chi connectivity index (χ4n) is 1.48. The number of ether oxygens (including phenoxy) is 1. The second-order valence-corrected chi connectivity index (χ2v) is 5.96. The quantitative estimate of drug-likeness (QED) is 0.792. The Bertz CT molecular complexity index is 413. The van der Waals surface area contributed by atoms with Crippen LogP contribution >= 0.6 is 0 Å². The lowest BCUT2D eigenvalue weighted by molar-refractivity contribution is 0.0542. The van der Waals surface area contributed by atoms with Crippen LogP contribution in [0.25, 0.3) is 0 Å². The van der Waals surface area contributed by atoms with Gasteiger partial charge in [0.1, 0.15) is 0 Å². The van der Waals surface area contributed by atoms with Crippen molar-refractivity contribution in [2.45, 2.75) is 18.8 Å². The molecule has 1 rings (SSSR count). The van der Waals surface area contributed by atoms with Gasteiger partial charge in [0.15, 0.2) is 9.84 Å². The first-order valence-electron chi connectivity index (χ1n) is 5.53. The third kappa shape index (κ3) is 5.81. The van der Waals surface area contributed by atoms with E-state index in [-0.39, 0.29) is 18.1 Å². The highest BCUT2D eigenvalue weighted by Crippen LogP contribution is 2.07. The van der Waals surface area contributed by atoms with Gasteiger partial charge in [0.2, 0.25) is 0 Å². The molecule has 0 amide bonds. The topological polar surface area (TPSA) is 63.6 Å². The SMILES string of the molecule is CCOC[C@@H](O)CS(=O)(=O)Cc1ccccc1. The Labute approximate surface area is 102 Å². The highest BCUT2D eigenvalue weighted by atomic mass is 32.2. The number of aliphatic hydroxyl groups excluding tert-OH is 1. The molecule has 0 aromatic heterocycles. The van der Waals surface area contributed by atoms with Gasteiger partial charge in [0, 0.05) is 6.61 Å². The minimum absolute atomic E-state index is 0.0446. The van der Waals surface area contributed by atoms with Crippen molar-refractivity contribution in [2.24, 2.45) is 0 Å². The van der Waals surface area contributed by atoms with E-state index in [1.165, 1.54) is 0 Å². The van der Waals surface area contributed by atoms with Gasteiger partial charge < -0.3 is 9.84 Å². The van der Waals surface area contributed by atoms with Crippen molar-refractivity contribution < 1.29 is 18.3 Å². The molecular weight excluding hydrogens is 240 g/mol. The first kappa shape index (κ1) is 14.2. The Kier molecular flexibility index (Phi) is 5.61. The van der Waals surface area contributed by atoms with E-state index >= 15 is 0 Å². The van der Waals surface area contributed by atoms with Gasteiger partial charge in [-0.2, -0.15) is 0 Å². The molecule has 0 bridgehead atoms. The summed E-state index contributed by atoms with van der Waals surface area (Å²) in [5.41, 5.74) is 0.733. The van der Waals surface area contributed by atoms with E-state index in [0.29, 0.717) is 6.61 Å². The van der Waals surface area contributed by atoms with E-state index in [4.69, 9.17) is 4.74 Å². The van der Waals surface area contributed by atoms with Crippen LogP contribution in [0, 0.1) is 0 Å². The molecule has 0 spiro atoms. The number of sulfone groups is 1. The molecule has 1 N–H and O–H groups in total. The van der Waals surface area contributed by atoms with Crippen molar-refractivity contribution in [1.29, 1.82) is 0 Å². The molecule has 0 aliphatic rings. The Balaban J connectivity index is 2.52. The van der Waals surface area contributed by atoms with E-state index in [0.717, 1.165) is 5.56 Å². The molecule has 1 aromatic carbocycles. The zero-order chi connectivity index (χ0) is 12.7. The van der Waals surface area contributed by atoms with Gasteiger partial charge in [-0.25, -0.2) is 8.42 Å². The molecule has 0 aliphatic heterocycles. The van der Waals surface area contributed by atoms with E-state index in [9.17, 15) is 13.5 Å². The average molecular weight is 258 g/mol. The van der Waals surface area contributed by atoms with E-state index in [1.807, 2.05) is 6.07 Å². The third-order valence-electron chi connectivity index (χ3n) is 2.19. The second-order valence-electron chi connectivity index (χ2n) is 3.85. The molecule has 0 heterocycles. The number of hydrogen-bond donors (Lipinski definition) is 1. The summed E-state index contributed by atoms with van der Waals surface area (Å²) in [4.78, 5) is 0. The van der Waals surface area contributed by atoms with Crippen molar-refractivity contribution in [2.75, 3.05) is 19.0 Å². The molecule has 0 unspecified atom stereocenters. The van der Waals surface area contributed by atoms with Gasteiger partial charge in [-0.15, -0.1) is 0 Å². The summed E-state index contributed by atoms with van der Waals surface area (Å²) < 4.78 is 28.5. The summed E-state index contributed by atoms with van der Waals surface area (Å²) in [6.45, 7) is 2.32. The van der Waals surface area contributed by atoms with Gasteiger partial charge in [0.25, 0.3) is 0 Å². The minimum Gasteiger partial charge on any atom is -0.390 e. The fourth-order valence-corrected chi connectivity index (χ4v) is 2.98. The van der Waals surface area contributed by atoms with Crippen molar-refractivity contribution in [1.82, 2.24) is 0 Å². The average Bonchev–Trinajstić information content (AvgIpc) is 2.26. The normalized spacial score (nSPS) is 13.5. The second kappa shape index (κ2) is 6.74. The summed E-state index contributed by atoms with van der Waals surface area (Å²) in [5, 5.41) is 9.49. The minimum atomic E-state index is -3.29. The summed E-state index contributed by atoms with van der Waals surface area (Å²) in [6.07, 6.45) is -0.955. The van der Waals surface area contributed by atoms with Crippen LogP contribution in [0.1, 0.15) is 12.5 Å². The molecule has 96 valence electrons. The lowest BCUT2D eigenvalue weighted by Crippen LogP contribution is -2.26. The van der Waals surface area contributed by atoms with Gasteiger partial charge >= 0.3 is 0 Å². The number of benzene rings is 1. The Morgan fingerprint density at radius 2 is 1.94 bits per heavy atom. The van der Waals surface area contributed by atoms with Gasteiger partial charge in [-0.05, 0) is 12.5 Å². The lowest BCUT2D eigenvalue weighted by atomic mass is 10.2. The lowest BCUT2D eigenvalue weighted by Gasteiger charge is -2.11. The Morgan fingerprint density at radius 1 is 1.29 bits per heavy atom. The molecule has 0 radical (unpaired) electrons. The standard InChI is InChI=1S/C12H18O4S/c1-2-16-8-12(13)10-17(14,15)9-11-6-4-3-5-7-11/h3-7,12-13H,2,8-10H2,1H3/t12-/m1/s1. The smallest absolute Gasteiger partial charge is 0.157 e. The van der Waals surface area contributed by atoms with Crippen molar-refractivity contribution in [3.63, 3.8) is 0 Å². The van der Waals surface area contributed by atoms with Gasteiger partial charge in [-0.1, -0.05) is 30.3 Å². The Morgan fingerprint density at radius 3 is 2.53 bits per heavy atom. The highest BCUT2D eigenvalue weighted by Gasteiger charge is 2.17. The van der Waals surface area contributed by atoms with Crippen molar-refractivity contribution in [3.05, 3.63) is 35.9 Å². The first-order valence-corrected chi connectivity index (χ1v) is 7.36. The maximum absolute atomic E-state index is 11.8. The molecule has 0 aliphatic carbocycles. The zero-order valence-corrected chi connectivity index (χ0v) is 10.7. The fraction of sp³-hybridized carbons (Fsp3) is 0.500. The maximum Gasteiger partial charge on any atom is 0.157 e. The molecular formula is C12H18O4S. The predicted octanol–water partition coefficient (Wildman–Crippen LogP) is 0.999. The number of hydrogen-bond acceptors (Lipinski definition) is 4. The molecule has 17 heavy (non-hydrogen) atoms. The van der Waals surface area contributed by atoms with Crippen LogP contribution in [0.2, 0.25) is 0 Å². The molecule has 4 nitrogen and oxygen atoms in total. The van der Waals surface area contributed by atoms with Crippen LogP contribution in [0.5, 0.6) is 0 Å². The van der Waals surface area contributed by atoms with Crippen LogP contribution in [-0.4, -0.2) is 38.6 Å². The number of aliphatic hydroxyl groups is 1. The zero-order valence-electron chi connectivity index (χ0n) is 9.87. The summed E-state index contributed by atoms with van der Waals surface area (Å²) >= 11 is 0. The van der Waals surface area contributed by atoms with E-state index in [1.54, 1.807) is 31.2 Å². The molecule has 0 fully saturated rings. The number of rotatable bonds is 7. The molecule has 5 heteroatoms. The first-order chi connectivity index (χ1) is 8.03. The van der Waals surface area contributed by atoms with Crippen LogP contribution in [-0.2, 0) is 20.3 Å². The molecule has 0 saturated carbocycles. The molecule has 0 saturated heterocycles. The summed E-state index contributed by atoms with van der Waals surface area (Å²) in [6, 6.07) is 8.93. The van der Waals surface area contributed by atoms with E-state index < -0.39 is 15.9 Å².